The van der Waals surface area contributed by atoms with Crippen molar-refractivity contribution in [3.05, 3.63) is 42.2 Å². The number of fused-ring (bicyclic) bond motifs is 1. The van der Waals surface area contributed by atoms with Crippen molar-refractivity contribution in [1.29, 1.82) is 0 Å². The van der Waals surface area contributed by atoms with Crippen LogP contribution in [0.3, 0.4) is 0 Å². The van der Waals surface area contributed by atoms with E-state index >= 15 is 0 Å². The van der Waals surface area contributed by atoms with E-state index in [1.54, 1.807) is 0 Å². The molecule has 3 aromatic rings. The molecule has 0 radical (unpaired) electrons. The summed E-state index contributed by atoms with van der Waals surface area (Å²) in [6.07, 6.45) is 12.1. The summed E-state index contributed by atoms with van der Waals surface area (Å²) >= 11 is 0. The van der Waals surface area contributed by atoms with Crippen LogP contribution < -0.4 is 16.4 Å². The van der Waals surface area contributed by atoms with E-state index in [4.69, 9.17) is 20.7 Å². The summed E-state index contributed by atoms with van der Waals surface area (Å²) in [5.41, 5.74) is 9.22. The molecule has 0 amide bonds. The molecule has 1 aromatic carbocycles. The smallest absolute Gasteiger partial charge is 0.227 e. The third-order valence-electron chi connectivity index (χ3n) is 6.79. The molecule has 2 aliphatic carbocycles. The van der Waals surface area contributed by atoms with Crippen molar-refractivity contribution < 1.29 is 0 Å². The Morgan fingerprint density at radius 2 is 1.67 bits per heavy atom. The van der Waals surface area contributed by atoms with E-state index in [9.17, 15) is 0 Å². The molecule has 33 heavy (non-hydrogen) atoms. The van der Waals surface area contributed by atoms with Crippen molar-refractivity contribution in [2.24, 2.45) is 5.73 Å². The predicted octanol–water partition coefficient (Wildman–Crippen LogP) is 5.12. The summed E-state index contributed by atoms with van der Waals surface area (Å²) in [7, 11) is 0. The molecule has 5 rings (SSSR count). The SMILES string of the molecule is Cl.Cl.N[C@H]1CC[C@H](Nc2nc(NCCc3ccccc3)c3ncn(C4CCCC4)c3n2)CC1. The molecular weight excluding hydrogens is 457 g/mol. The number of aromatic nitrogens is 4. The van der Waals surface area contributed by atoms with Gasteiger partial charge in [-0.1, -0.05) is 43.2 Å². The molecule has 2 heterocycles. The molecule has 2 fully saturated rings. The number of nitrogens with zero attached hydrogens (tertiary/aromatic N) is 4. The van der Waals surface area contributed by atoms with E-state index in [1.807, 2.05) is 6.33 Å². The molecule has 2 aromatic heterocycles. The van der Waals surface area contributed by atoms with Crippen LogP contribution in [0.1, 0.15) is 63.0 Å². The first kappa shape index (κ1) is 25.5. The highest BCUT2D eigenvalue weighted by Gasteiger charge is 2.23. The number of anilines is 2. The third kappa shape index (κ3) is 6.08. The molecule has 0 spiro atoms. The number of benzene rings is 1. The molecule has 2 saturated carbocycles. The normalized spacial score (nSPS) is 20.8. The maximum Gasteiger partial charge on any atom is 0.227 e. The van der Waals surface area contributed by atoms with Crippen molar-refractivity contribution in [1.82, 2.24) is 19.5 Å². The Bertz CT molecular complexity index is 997. The van der Waals surface area contributed by atoms with E-state index in [1.165, 1.54) is 31.2 Å². The van der Waals surface area contributed by atoms with Crippen LogP contribution >= 0.6 is 24.8 Å². The maximum absolute atomic E-state index is 6.09. The fourth-order valence-corrected chi connectivity index (χ4v) is 4.97. The van der Waals surface area contributed by atoms with Gasteiger partial charge in [-0.15, -0.1) is 24.8 Å². The predicted molar refractivity (Wildman–Crippen MR) is 140 cm³/mol. The van der Waals surface area contributed by atoms with Gasteiger partial charge in [-0.2, -0.15) is 9.97 Å². The van der Waals surface area contributed by atoms with Gasteiger partial charge < -0.3 is 20.9 Å². The van der Waals surface area contributed by atoms with Crippen LogP contribution in [0.15, 0.2) is 36.7 Å². The highest BCUT2D eigenvalue weighted by molar-refractivity contribution is 5.86. The molecule has 4 N–H and O–H groups in total. The summed E-state index contributed by atoms with van der Waals surface area (Å²) < 4.78 is 2.27. The molecular formula is C24H35Cl2N7. The van der Waals surface area contributed by atoms with Crippen LogP contribution in [0, 0.1) is 0 Å². The zero-order chi connectivity index (χ0) is 21.0. The standard InChI is InChI=1S/C24H33N7.2ClH/c25-18-10-12-19(13-11-18)28-24-29-22(26-15-14-17-6-2-1-3-7-17)21-23(30-24)31(16-27-21)20-8-4-5-9-20;;/h1-3,6-7,16,18-20H,4-5,8-15,25H2,(H2,26,28,29,30);2*1H/t18-,19-;;. The number of imidazole rings is 1. The van der Waals surface area contributed by atoms with Gasteiger partial charge in [-0.05, 0) is 50.5 Å². The van der Waals surface area contributed by atoms with Crippen molar-refractivity contribution >= 4 is 47.7 Å². The average Bonchev–Trinajstić information content (AvgIpc) is 3.46. The van der Waals surface area contributed by atoms with Crippen LogP contribution in [0.4, 0.5) is 11.8 Å². The Hall–Kier alpha value is -2.09. The summed E-state index contributed by atoms with van der Waals surface area (Å²) in [5, 5.41) is 7.13. The monoisotopic (exact) mass is 491 g/mol. The first-order valence-corrected chi connectivity index (χ1v) is 11.8. The Morgan fingerprint density at radius 1 is 0.939 bits per heavy atom. The molecule has 2 aliphatic rings. The van der Waals surface area contributed by atoms with Gasteiger partial charge in [0.1, 0.15) is 0 Å². The summed E-state index contributed by atoms with van der Waals surface area (Å²) in [5.74, 6) is 1.53. The average molecular weight is 492 g/mol. The van der Waals surface area contributed by atoms with Gasteiger partial charge in [0.2, 0.25) is 5.95 Å². The number of nitrogens with one attached hydrogen (secondary N) is 2. The zero-order valence-electron chi connectivity index (χ0n) is 18.9. The number of nitrogens with two attached hydrogens (primary N) is 1. The highest BCUT2D eigenvalue weighted by Crippen LogP contribution is 2.33. The molecule has 0 aliphatic heterocycles. The highest BCUT2D eigenvalue weighted by atomic mass is 35.5. The lowest BCUT2D eigenvalue weighted by Crippen LogP contribution is -2.33. The number of hydrogen-bond donors (Lipinski definition) is 3. The summed E-state index contributed by atoms with van der Waals surface area (Å²) in [4.78, 5) is 14.5. The van der Waals surface area contributed by atoms with Gasteiger partial charge in [0.05, 0.1) is 6.33 Å². The lowest BCUT2D eigenvalue weighted by Gasteiger charge is -2.27. The number of hydrogen-bond acceptors (Lipinski definition) is 6. The molecule has 0 atom stereocenters. The first-order valence-electron chi connectivity index (χ1n) is 11.8. The molecule has 180 valence electrons. The first-order chi connectivity index (χ1) is 15.3. The minimum atomic E-state index is 0. The van der Waals surface area contributed by atoms with Crippen molar-refractivity contribution in [3.8, 4) is 0 Å². The van der Waals surface area contributed by atoms with Crippen LogP contribution in [0.5, 0.6) is 0 Å². The summed E-state index contributed by atoms with van der Waals surface area (Å²) in [6, 6.07) is 11.8. The lowest BCUT2D eigenvalue weighted by molar-refractivity contribution is 0.410. The Kier molecular flexibility index (Phi) is 9.18. The maximum atomic E-state index is 6.09. The van der Waals surface area contributed by atoms with Gasteiger partial charge in [0.25, 0.3) is 0 Å². The Balaban J connectivity index is 0.00000153. The van der Waals surface area contributed by atoms with Crippen molar-refractivity contribution in [2.45, 2.75) is 75.9 Å². The minimum absolute atomic E-state index is 0. The van der Waals surface area contributed by atoms with Crippen LogP contribution in [0.25, 0.3) is 11.2 Å². The Labute approximate surface area is 208 Å². The largest absolute Gasteiger partial charge is 0.368 e. The molecule has 7 nitrogen and oxygen atoms in total. The van der Waals surface area contributed by atoms with Crippen molar-refractivity contribution in [3.63, 3.8) is 0 Å². The second-order valence-corrected chi connectivity index (χ2v) is 9.08. The van der Waals surface area contributed by atoms with Gasteiger partial charge in [0.15, 0.2) is 17.0 Å². The Morgan fingerprint density at radius 3 is 2.39 bits per heavy atom. The van der Waals surface area contributed by atoms with E-state index < -0.39 is 0 Å². The summed E-state index contributed by atoms with van der Waals surface area (Å²) in [6.45, 7) is 0.810. The van der Waals surface area contributed by atoms with Crippen molar-refractivity contribution in [2.75, 3.05) is 17.2 Å². The van der Waals surface area contributed by atoms with Gasteiger partial charge in [-0.3, -0.25) is 0 Å². The fourth-order valence-electron chi connectivity index (χ4n) is 4.97. The topological polar surface area (TPSA) is 93.7 Å². The third-order valence-corrected chi connectivity index (χ3v) is 6.79. The van der Waals surface area contributed by atoms with Gasteiger partial charge >= 0.3 is 0 Å². The van der Waals surface area contributed by atoms with E-state index in [0.717, 1.165) is 55.6 Å². The second kappa shape index (κ2) is 11.9. The number of rotatable bonds is 7. The molecule has 0 unspecified atom stereocenters. The van der Waals surface area contributed by atoms with E-state index in [0.29, 0.717) is 24.1 Å². The van der Waals surface area contributed by atoms with E-state index in [2.05, 4.69) is 45.5 Å². The fraction of sp³-hybridized carbons (Fsp3) is 0.542. The van der Waals surface area contributed by atoms with Gasteiger partial charge in [0, 0.05) is 24.7 Å². The zero-order valence-corrected chi connectivity index (χ0v) is 20.6. The second-order valence-electron chi connectivity index (χ2n) is 9.08. The van der Waals surface area contributed by atoms with Crippen LogP contribution in [-0.2, 0) is 6.42 Å². The van der Waals surface area contributed by atoms with Crippen LogP contribution in [-0.4, -0.2) is 38.1 Å². The number of halogens is 2. The van der Waals surface area contributed by atoms with Crippen LogP contribution in [0.2, 0.25) is 0 Å². The van der Waals surface area contributed by atoms with Gasteiger partial charge in [-0.25, -0.2) is 4.98 Å². The van der Waals surface area contributed by atoms with E-state index in [-0.39, 0.29) is 24.8 Å². The lowest BCUT2D eigenvalue weighted by atomic mass is 9.92. The molecule has 0 saturated heterocycles. The minimum Gasteiger partial charge on any atom is -0.368 e. The molecule has 0 bridgehead atoms. The quantitative estimate of drug-likeness (QED) is 0.424. The molecule has 9 heteroatoms.